The Hall–Kier alpha value is -2.67. The number of carbonyl (C=O) groups excluding carboxylic acids is 1. The number of phenolic OH excluding ortho intramolecular Hbond substituents is 1. The van der Waals surface area contributed by atoms with Crippen LogP contribution in [0.15, 0.2) is 42.5 Å². The Bertz CT molecular complexity index is 833. The number of halogens is 1. The van der Waals surface area contributed by atoms with Crippen molar-refractivity contribution >= 4 is 27.6 Å². The first-order chi connectivity index (χ1) is 11.6. The SMILES string of the molecule is O=C(NCCc1nc2ccccc2s1)NCc1ccc(O)c(F)c1. The van der Waals surface area contributed by atoms with Gasteiger partial charge in [0, 0.05) is 19.5 Å². The Morgan fingerprint density at radius 1 is 1.21 bits per heavy atom. The molecule has 0 atom stereocenters. The van der Waals surface area contributed by atoms with Crippen LogP contribution in [0.3, 0.4) is 0 Å². The van der Waals surface area contributed by atoms with Gasteiger partial charge < -0.3 is 15.7 Å². The van der Waals surface area contributed by atoms with Crippen molar-refractivity contribution in [1.82, 2.24) is 15.6 Å². The number of aromatic hydroxyl groups is 1. The van der Waals surface area contributed by atoms with E-state index in [1.165, 1.54) is 12.1 Å². The lowest BCUT2D eigenvalue weighted by Gasteiger charge is -2.07. The summed E-state index contributed by atoms with van der Waals surface area (Å²) in [7, 11) is 0. The maximum atomic E-state index is 13.2. The van der Waals surface area contributed by atoms with Gasteiger partial charge in [-0.1, -0.05) is 18.2 Å². The molecule has 1 aromatic heterocycles. The second-order valence-corrected chi connectivity index (χ2v) is 6.34. The molecular formula is C17H16FN3O2S. The van der Waals surface area contributed by atoms with Crippen LogP contribution in [0.4, 0.5) is 9.18 Å². The predicted octanol–water partition coefficient (Wildman–Crippen LogP) is 3.18. The number of nitrogens with zero attached hydrogens (tertiary/aromatic N) is 1. The van der Waals surface area contributed by atoms with E-state index in [0.29, 0.717) is 18.5 Å². The number of amides is 2. The van der Waals surface area contributed by atoms with Crippen molar-refractivity contribution in [1.29, 1.82) is 0 Å². The normalized spacial score (nSPS) is 10.7. The third-order valence-corrected chi connectivity index (χ3v) is 4.52. The number of phenols is 1. The van der Waals surface area contributed by atoms with Crippen molar-refractivity contribution in [2.24, 2.45) is 0 Å². The summed E-state index contributed by atoms with van der Waals surface area (Å²) in [4.78, 5) is 16.3. The van der Waals surface area contributed by atoms with Gasteiger partial charge in [-0.05, 0) is 29.8 Å². The van der Waals surface area contributed by atoms with E-state index in [-0.39, 0.29) is 12.6 Å². The van der Waals surface area contributed by atoms with Crippen LogP contribution in [0, 0.1) is 5.82 Å². The van der Waals surface area contributed by atoms with E-state index in [4.69, 9.17) is 5.11 Å². The van der Waals surface area contributed by atoms with Crippen LogP contribution in [0.1, 0.15) is 10.6 Å². The molecule has 0 saturated carbocycles. The smallest absolute Gasteiger partial charge is 0.315 e. The summed E-state index contributed by atoms with van der Waals surface area (Å²) in [5.41, 5.74) is 1.54. The minimum absolute atomic E-state index is 0.185. The van der Waals surface area contributed by atoms with Crippen LogP contribution in [-0.2, 0) is 13.0 Å². The summed E-state index contributed by atoms with van der Waals surface area (Å²) in [6, 6.07) is 11.6. The van der Waals surface area contributed by atoms with Gasteiger partial charge in [-0.3, -0.25) is 0 Å². The lowest BCUT2D eigenvalue weighted by Crippen LogP contribution is -2.36. The third-order valence-electron chi connectivity index (χ3n) is 3.43. The maximum absolute atomic E-state index is 13.2. The predicted molar refractivity (Wildman–Crippen MR) is 91.6 cm³/mol. The van der Waals surface area contributed by atoms with Crippen molar-refractivity contribution in [2.75, 3.05) is 6.54 Å². The molecule has 0 saturated heterocycles. The standard InChI is InChI=1S/C17H16FN3O2S/c18-12-9-11(5-6-14(12)22)10-20-17(23)19-8-7-16-21-13-3-1-2-4-15(13)24-16/h1-6,9,22H,7-8,10H2,(H2,19,20,23). The average molecular weight is 345 g/mol. The molecule has 2 amide bonds. The molecule has 0 spiro atoms. The summed E-state index contributed by atoms with van der Waals surface area (Å²) >= 11 is 1.61. The Labute approximate surface area is 142 Å². The molecule has 0 aliphatic heterocycles. The average Bonchev–Trinajstić information content (AvgIpc) is 2.98. The summed E-state index contributed by atoms with van der Waals surface area (Å²) in [6.45, 7) is 0.653. The number of thiazole rings is 1. The van der Waals surface area contributed by atoms with Crippen molar-refractivity contribution in [3.05, 3.63) is 58.9 Å². The number of hydrogen-bond acceptors (Lipinski definition) is 4. The van der Waals surface area contributed by atoms with Gasteiger partial charge in [0.25, 0.3) is 0 Å². The van der Waals surface area contributed by atoms with E-state index >= 15 is 0 Å². The van der Waals surface area contributed by atoms with Gasteiger partial charge in [0.05, 0.1) is 15.2 Å². The highest BCUT2D eigenvalue weighted by Crippen LogP contribution is 2.21. The Morgan fingerprint density at radius 2 is 2.04 bits per heavy atom. The molecule has 1 heterocycles. The van der Waals surface area contributed by atoms with Crippen molar-refractivity contribution < 1.29 is 14.3 Å². The van der Waals surface area contributed by atoms with Gasteiger partial charge in [0.15, 0.2) is 11.6 Å². The highest BCUT2D eigenvalue weighted by atomic mass is 32.1. The number of fused-ring (bicyclic) bond motifs is 1. The Morgan fingerprint density at radius 3 is 2.83 bits per heavy atom. The molecule has 0 bridgehead atoms. The third kappa shape index (κ3) is 3.99. The van der Waals surface area contributed by atoms with Crippen LogP contribution in [0.2, 0.25) is 0 Å². The molecule has 0 aliphatic rings. The number of nitrogens with one attached hydrogen (secondary N) is 2. The number of carbonyl (C=O) groups is 1. The lowest BCUT2D eigenvalue weighted by molar-refractivity contribution is 0.240. The lowest BCUT2D eigenvalue weighted by atomic mass is 10.2. The van der Waals surface area contributed by atoms with Gasteiger partial charge in [-0.25, -0.2) is 14.2 Å². The molecule has 3 rings (SSSR count). The van der Waals surface area contributed by atoms with E-state index < -0.39 is 11.6 Å². The van der Waals surface area contributed by atoms with Crippen molar-refractivity contribution in [3.8, 4) is 5.75 Å². The highest BCUT2D eigenvalue weighted by molar-refractivity contribution is 7.18. The van der Waals surface area contributed by atoms with Crippen LogP contribution >= 0.6 is 11.3 Å². The van der Waals surface area contributed by atoms with Crippen LogP contribution in [-0.4, -0.2) is 22.7 Å². The van der Waals surface area contributed by atoms with Gasteiger partial charge in [0.1, 0.15) is 0 Å². The number of para-hydroxylation sites is 1. The Balaban J connectivity index is 1.44. The van der Waals surface area contributed by atoms with Gasteiger partial charge in [-0.15, -0.1) is 11.3 Å². The summed E-state index contributed by atoms with van der Waals surface area (Å²) < 4.78 is 14.3. The second-order valence-electron chi connectivity index (χ2n) is 5.22. The molecule has 0 unspecified atom stereocenters. The topological polar surface area (TPSA) is 74.2 Å². The van der Waals surface area contributed by atoms with Gasteiger partial charge in [0.2, 0.25) is 0 Å². The molecule has 3 N–H and O–H groups in total. The first-order valence-electron chi connectivity index (χ1n) is 7.45. The van der Waals surface area contributed by atoms with Crippen molar-refractivity contribution in [3.63, 3.8) is 0 Å². The maximum Gasteiger partial charge on any atom is 0.315 e. The molecule has 5 nitrogen and oxygen atoms in total. The van der Waals surface area contributed by atoms with E-state index in [1.807, 2.05) is 24.3 Å². The van der Waals surface area contributed by atoms with Crippen LogP contribution in [0.5, 0.6) is 5.75 Å². The summed E-state index contributed by atoms with van der Waals surface area (Å²) in [5, 5.41) is 15.5. The zero-order valence-corrected chi connectivity index (χ0v) is 13.6. The number of rotatable bonds is 5. The minimum atomic E-state index is -0.703. The molecule has 3 aromatic rings. The molecule has 124 valence electrons. The highest BCUT2D eigenvalue weighted by Gasteiger charge is 2.06. The summed E-state index contributed by atoms with van der Waals surface area (Å²) in [6.07, 6.45) is 0.653. The zero-order chi connectivity index (χ0) is 16.9. The largest absolute Gasteiger partial charge is 0.505 e. The minimum Gasteiger partial charge on any atom is -0.505 e. The molecule has 0 fully saturated rings. The number of aromatic nitrogens is 1. The fraction of sp³-hybridized carbons (Fsp3) is 0.176. The molecule has 0 aliphatic carbocycles. The van der Waals surface area contributed by atoms with Gasteiger partial charge in [-0.2, -0.15) is 0 Å². The van der Waals surface area contributed by atoms with E-state index in [0.717, 1.165) is 15.2 Å². The van der Waals surface area contributed by atoms with E-state index in [9.17, 15) is 9.18 Å². The van der Waals surface area contributed by atoms with E-state index in [2.05, 4.69) is 15.6 Å². The number of urea groups is 1. The molecule has 24 heavy (non-hydrogen) atoms. The molecule has 7 heteroatoms. The zero-order valence-electron chi connectivity index (χ0n) is 12.8. The van der Waals surface area contributed by atoms with Crippen LogP contribution < -0.4 is 10.6 Å². The number of hydrogen-bond donors (Lipinski definition) is 3. The fourth-order valence-electron chi connectivity index (χ4n) is 2.22. The van der Waals surface area contributed by atoms with E-state index in [1.54, 1.807) is 17.4 Å². The molecule has 0 radical (unpaired) electrons. The first kappa shape index (κ1) is 16.2. The molecule has 2 aromatic carbocycles. The molecular weight excluding hydrogens is 329 g/mol. The summed E-state index contributed by atoms with van der Waals surface area (Å²) in [5.74, 6) is -1.11. The van der Waals surface area contributed by atoms with Gasteiger partial charge >= 0.3 is 6.03 Å². The monoisotopic (exact) mass is 345 g/mol. The fourth-order valence-corrected chi connectivity index (χ4v) is 3.18. The number of benzene rings is 2. The quantitative estimate of drug-likeness (QED) is 0.665. The second kappa shape index (κ2) is 7.27. The Kier molecular flexibility index (Phi) is 4.90. The first-order valence-corrected chi connectivity index (χ1v) is 8.27. The van der Waals surface area contributed by atoms with Crippen molar-refractivity contribution in [2.45, 2.75) is 13.0 Å². The van der Waals surface area contributed by atoms with Crippen LogP contribution in [0.25, 0.3) is 10.2 Å².